The molecule has 11 nitrogen and oxygen atoms in total. The van der Waals surface area contributed by atoms with Crippen molar-refractivity contribution in [2.75, 3.05) is 61.9 Å². The van der Waals surface area contributed by atoms with Crippen LogP contribution < -0.4 is 10.6 Å². The van der Waals surface area contributed by atoms with Crippen molar-refractivity contribution >= 4 is 29.6 Å². The second-order valence-electron chi connectivity index (χ2n) is 7.98. The molecule has 2 N–H and O–H groups in total. The minimum Gasteiger partial charge on any atom is -0.450 e. The van der Waals surface area contributed by atoms with E-state index in [-0.39, 0.29) is 5.92 Å². The third-order valence-corrected chi connectivity index (χ3v) is 12.3. The van der Waals surface area contributed by atoms with Gasteiger partial charge in [0.05, 0.1) is 13.2 Å². The van der Waals surface area contributed by atoms with Gasteiger partial charge in [-0.3, -0.25) is 0 Å². The molecule has 0 saturated carbocycles. The van der Waals surface area contributed by atoms with E-state index < -0.39 is 29.6 Å². The van der Waals surface area contributed by atoms with Crippen LogP contribution in [0.5, 0.6) is 0 Å². The monoisotopic (exact) mass is 526 g/mol. The van der Waals surface area contributed by atoms with Gasteiger partial charge in [0.25, 0.3) is 0 Å². The zero-order chi connectivity index (χ0) is 25.9. The molecule has 0 rings (SSSR count). The van der Waals surface area contributed by atoms with Crippen molar-refractivity contribution in [3.05, 3.63) is 0 Å². The number of alkyl carbamates (subject to hydrolysis) is 2. The number of ether oxygens (including phenoxy) is 2. The van der Waals surface area contributed by atoms with Gasteiger partial charge >= 0.3 is 29.6 Å². The van der Waals surface area contributed by atoms with Crippen LogP contribution in [0.3, 0.4) is 0 Å². The summed E-state index contributed by atoms with van der Waals surface area (Å²) < 4.78 is 37.6. The summed E-state index contributed by atoms with van der Waals surface area (Å²) in [6.07, 6.45) is 1.93. The third kappa shape index (κ3) is 13.6. The lowest BCUT2D eigenvalue weighted by Gasteiger charge is -2.25. The van der Waals surface area contributed by atoms with E-state index in [4.69, 9.17) is 31.6 Å². The highest BCUT2D eigenvalue weighted by Crippen LogP contribution is 2.18. The van der Waals surface area contributed by atoms with Gasteiger partial charge in [-0.25, -0.2) is 9.59 Å². The van der Waals surface area contributed by atoms with E-state index in [0.29, 0.717) is 51.6 Å². The summed E-state index contributed by atoms with van der Waals surface area (Å²) in [5.41, 5.74) is 0. The second-order valence-corrected chi connectivity index (χ2v) is 14.9. The van der Waals surface area contributed by atoms with E-state index in [0.717, 1.165) is 18.5 Å². The second kappa shape index (κ2) is 19.0. The molecule has 0 bridgehead atoms. The lowest BCUT2D eigenvalue weighted by Crippen LogP contribution is -2.43. The molecule has 0 spiro atoms. The molecule has 0 aliphatic carbocycles. The van der Waals surface area contributed by atoms with Crippen LogP contribution in [-0.4, -0.2) is 91.4 Å². The molecule has 0 saturated heterocycles. The van der Waals surface area contributed by atoms with Crippen LogP contribution in [-0.2, 0) is 31.6 Å². The van der Waals surface area contributed by atoms with Crippen molar-refractivity contribution in [3.63, 3.8) is 0 Å². The van der Waals surface area contributed by atoms with Crippen molar-refractivity contribution < 1.29 is 41.2 Å². The molecule has 2 amide bonds. The highest BCUT2D eigenvalue weighted by atomic mass is 28.4. The number of hydrogen-bond donors (Lipinski definition) is 2. The first-order valence-electron chi connectivity index (χ1n) is 11.8. The summed E-state index contributed by atoms with van der Waals surface area (Å²) in [7, 11) is 3.30. The van der Waals surface area contributed by atoms with Crippen LogP contribution in [0.15, 0.2) is 0 Å². The van der Waals surface area contributed by atoms with Crippen LogP contribution in [0.4, 0.5) is 9.59 Å². The van der Waals surface area contributed by atoms with E-state index in [9.17, 15) is 9.59 Å². The van der Waals surface area contributed by atoms with E-state index in [1.54, 1.807) is 35.5 Å². The van der Waals surface area contributed by atoms with Crippen LogP contribution in [0.2, 0.25) is 18.1 Å². The third-order valence-electron chi connectivity index (χ3n) is 5.84. The Hall–Kier alpha value is -1.23. The largest absolute Gasteiger partial charge is 0.500 e. The van der Waals surface area contributed by atoms with Gasteiger partial charge in [-0.05, 0) is 43.7 Å². The first kappa shape index (κ1) is 32.8. The van der Waals surface area contributed by atoms with Gasteiger partial charge in [0, 0.05) is 54.7 Å². The molecular weight excluding hydrogens is 480 g/mol. The van der Waals surface area contributed by atoms with E-state index in [2.05, 4.69) is 17.6 Å². The molecule has 0 aliphatic rings. The van der Waals surface area contributed by atoms with Crippen molar-refractivity contribution in [2.24, 2.45) is 5.92 Å². The van der Waals surface area contributed by atoms with Crippen LogP contribution in [0, 0.1) is 5.92 Å². The smallest absolute Gasteiger partial charge is 0.450 e. The SMILES string of the molecule is CC[Si](CCCNC(=O)OCCC(C)CCOC(=O)NCCC[Si](OC)(OC)OC)(OC)OC. The minimum absolute atomic E-state index is 0.247. The van der Waals surface area contributed by atoms with Crippen LogP contribution in [0.25, 0.3) is 0 Å². The molecule has 0 radical (unpaired) electrons. The predicted molar refractivity (Wildman–Crippen MR) is 133 cm³/mol. The average Bonchev–Trinajstić information content (AvgIpc) is 2.85. The molecule has 0 aliphatic heterocycles. The predicted octanol–water partition coefficient (Wildman–Crippen LogP) is 3.27. The van der Waals surface area contributed by atoms with E-state index >= 15 is 0 Å². The Morgan fingerprint density at radius 2 is 1.18 bits per heavy atom. The minimum atomic E-state index is -2.61. The van der Waals surface area contributed by atoms with Gasteiger partial charge in [-0.2, -0.15) is 0 Å². The van der Waals surface area contributed by atoms with Gasteiger partial charge < -0.3 is 42.2 Å². The van der Waals surface area contributed by atoms with Crippen LogP contribution >= 0.6 is 0 Å². The van der Waals surface area contributed by atoms with Gasteiger partial charge in [0.15, 0.2) is 0 Å². The number of rotatable bonds is 20. The molecule has 0 aromatic rings. The Labute approximate surface area is 207 Å². The Balaban J connectivity index is 3.82. The van der Waals surface area contributed by atoms with Gasteiger partial charge in [-0.1, -0.05) is 13.8 Å². The molecule has 0 aromatic heterocycles. The topological polar surface area (TPSA) is 123 Å². The number of hydrogen-bond acceptors (Lipinski definition) is 9. The van der Waals surface area contributed by atoms with Gasteiger partial charge in [0.1, 0.15) is 0 Å². The van der Waals surface area contributed by atoms with E-state index in [1.165, 1.54) is 0 Å². The Bertz CT molecular complexity index is 488. The highest BCUT2D eigenvalue weighted by molar-refractivity contribution is 6.67. The fraction of sp³-hybridized carbons (Fsp3) is 0.905. The first-order chi connectivity index (χ1) is 16.3. The molecular formula is C21H46N2O9Si2. The number of nitrogens with one attached hydrogen (secondary N) is 2. The summed E-state index contributed by atoms with van der Waals surface area (Å²) in [6.45, 7) is 5.66. The van der Waals surface area contributed by atoms with E-state index in [1.807, 2.05) is 6.92 Å². The van der Waals surface area contributed by atoms with Crippen molar-refractivity contribution in [2.45, 2.75) is 57.7 Å². The molecule has 0 heterocycles. The summed E-state index contributed by atoms with van der Waals surface area (Å²) >= 11 is 0. The Morgan fingerprint density at radius 1 is 0.735 bits per heavy atom. The summed E-state index contributed by atoms with van der Waals surface area (Å²) in [4.78, 5) is 23.6. The zero-order valence-corrected chi connectivity index (χ0v) is 24.0. The molecule has 202 valence electrons. The molecule has 1 unspecified atom stereocenters. The summed E-state index contributed by atoms with van der Waals surface area (Å²) in [5, 5.41) is 5.46. The maximum Gasteiger partial charge on any atom is 0.500 e. The molecule has 13 heteroatoms. The molecule has 0 fully saturated rings. The summed E-state index contributed by atoms with van der Waals surface area (Å²) in [5.74, 6) is 0.247. The fourth-order valence-electron chi connectivity index (χ4n) is 3.30. The van der Waals surface area contributed by atoms with Crippen molar-refractivity contribution in [3.8, 4) is 0 Å². The maximum atomic E-state index is 11.8. The Morgan fingerprint density at radius 3 is 1.56 bits per heavy atom. The van der Waals surface area contributed by atoms with Crippen LogP contribution in [0.1, 0.15) is 39.5 Å². The van der Waals surface area contributed by atoms with Crippen molar-refractivity contribution in [1.29, 1.82) is 0 Å². The lowest BCUT2D eigenvalue weighted by atomic mass is 10.1. The lowest BCUT2D eigenvalue weighted by molar-refractivity contribution is 0.120. The maximum absolute atomic E-state index is 11.8. The van der Waals surface area contributed by atoms with Gasteiger partial charge in [-0.15, -0.1) is 0 Å². The normalized spacial score (nSPS) is 12.8. The number of carbonyl (C=O) groups excluding carboxylic acids is 2. The first-order valence-corrected chi connectivity index (χ1v) is 16.0. The fourth-order valence-corrected chi connectivity index (χ4v) is 7.25. The number of carbonyl (C=O) groups is 2. The molecule has 1 atom stereocenters. The zero-order valence-electron chi connectivity index (χ0n) is 22.0. The quantitative estimate of drug-likeness (QED) is 0.182. The Kier molecular flexibility index (Phi) is 18.3. The standard InChI is InChI=1S/C21H46N2O9Si2/c1-8-33(26-3,27-4)17-9-13-22-20(24)31-15-11-19(2)12-16-32-21(25)23-14-10-18-34(28-5,29-6)30-7/h19H,8-18H2,1-7H3,(H,22,24)(H,23,25). The number of amides is 2. The van der Waals surface area contributed by atoms with Gasteiger partial charge in [0.2, 0.25) is 0 Å². The molecule has 0 aromatic carbocycles. The molecule has 34 heavy (non-hydrogen) atoms. The van der Waals surface area contributed by atoms with Crippen molar-refractivity contribution in [1.82, 2.24) is 10.6 Å². The highest BCUT2D eigenvalue weighted by Gasteiger charge is 2.36. The summed E-state index contributed by atoms with van der Waals surface area (Å²) in [6, 6.07) is 2.28. The average molecular weight is 527 g/mol.